The van der Waals surface area contributed by atoms with Crippen LogP contribution in [0.3, 0.4) is 0 Å². The molecule has 0 saturated carbocycles. The molecular formula is C21H25ClN2O3. The van der Waals surface area contributed by atoms with Crippen molar-refractivity contribution in [1.29, 1.82) is 0 Å². The molecule has 0 radical (unpaired) electrons. The summed E-state index contributed by atoms with van der Waals surface area (Å²) in [7, 11) is 3.26. The largest absolute Gasteiger partial charge is 0.497 e. The summed E-state index contributed by atoms with van der Waals surface area (Å²) in [4.78, 5) is 15.0. The maximum absolute atomic E-state index is 12.7. The molecular weight excluding hydrogens is 364 g/mol. The van der Waals surface area contributed by atoms with Crippen LogP contribution < -0.4 is 14.8 Å². The number of likely N-dealkylation sites (tertiary alicyclic amines) is 1. The molecule has 3 rings (SSSR count). The highest BCUT2D eigenvalue weighted by atomic mass is 35.5. The van der Waals surface area contributed by atoms with Crippen molar-refractivity contribution in [2.45, 2.75) is 19.4 Å². The topological polar surface area (TPSA) is 50.8 Å². The van der Waals surface area contributed by atoms with Crippen LogP contribution in [0.5, 0.6) is 11.5 Å². The minimum atomic E-state index is -0.00440. The number of rotatable bonds is 6. The van der Waals surface area contributed by atoms with Crippen molar-refractivity contribution in [2.75, 3.05) is 32.6 Å². The van der Waals surface area contributed by atoms with Crippen LogP contribution in [0.15, 0.2) is 42.5 Å². The van der Waals surface area contributed by atoms with Crippen molar-refractivity contribution >= 4 is 23.2 Å². The summed E-state index contributed by atoms with van der Waals surface area (Å²) >= 11 is 6.04. The van der Waals surface area contributed by atoms with E-state index in [2.05, 4.69) is 22.3 Å². The molecule has 0 spiro atoms. The summed E-state index contributed by atoms with van der Waals surface area (Å²) in [5.41, 5.74) is 1.84. The molecule has 1 N–H and O–H groups in total. The molecule has 1 heterocycles. The zero-order valence-corrected chi connectivity index (χ0v) is 16.5. The van der Waals surface area contributed by atoms with E-state index in [9.17, 15) is 4.79 Å². The van der Waals surface area contributed by atoms with E-state index in [0.29, 0.717) is 16.5 Å². The number of amides is 1. The Morgan fingerprint density at radius 2 is 1.93 bits per heavy atom. The number of nitrogens with zero attached hydrogens (tertiary/aromatic N) is 1. The molecule has 6 heteroatoms. The van der Waals surface area contributed by atoms with Gasteiger partial charge in [-0.2, -0.15) is 0 Å². The fourth-order valence-corrected chi connectivity index (χ4v) is 3.57. The van der Waals surface area contributed by atoms with Gasteiger partial charge in [0.05, 0.1) is 19.9 Å². The minimum absolute atomic E-state index is 0.00440. The van der Waals surface area contributed by atoms with Gasteiger partial charge in [-0.05, 0) is 61.8 Å². The van der Waals surface area contributed by atoms with Gasteiger partial charge in [0, 0.05) is 17.5 Å². The Balaban J connectivity index is 1.54. The minimum Gasteiger partial charge on any atom is -0.497 e. The van der Waals surface area contributed by atoms with Gasteiger partial charge in [0.1, 0.15) is 11.5 Å². The first kappa shape index (κ1) is 19.5. The van der Waals surface area contributed by atoms with E-state index >= 15 is 0 Å². The number of nitrogens with one attached hydrogen (secondary N) is 1. The van der Waals surface area contributed by atoms with Crippen molar-refractivity contribution in [3.05, 3.63) is 53.1 Å². The summed E-state index contributed by atoms with van der Waals surface area (Å²) in [5, 5.41) is 3.54. The number of carbonyl (C=O) groups is 1. The van der Waals surface area contributed by atoms with E-state index in [-0.39, 0.29) is 11.8 Å². The second-order valence-electron chi connectivity index (χ2n) is 6.74. The highest BCUT2D eigenvalue weighted by molar-refractivity contribution is 6.31. The molecule has 1 aliphatic rings. The summed E-state index contributed by atoms with van der Waals surface area (Å²) in [6.07, 6.45) is 1.66. The third kappa shape index (κ3) is 5.15. The Labute approximate surface area is 165 Å². The third-order valence-corrected chi connectivity index (χ3v) is 5.15. The smallest absolute Gasteiger partial charge is 0.227 e. The van der Waals surface area contributed by atoms with E-state index in [1.54, 1.807) is 32.4 Å². The summed E-state index contributed by atoms with van der Waals surface area (Å²) in [6, 6.07) is 13.3. The molecule has 1 amide bonds. The van der Waals surface area contributed by atoms with Crippen molar-refractivity contribution < 1.29 is 14.3 Å². The molecule has 0 aromatic heterocycles. The maximum Gasteiger partial charge on any atom is 0.227 e. The fourth-order valence-electron chi connectivity index (χ4n) is 3.39. The van der Waals surface area contributed by atoms with Gasteiger partial charge in [-0.15, -0.1) is 0 Å². The molecule has 1 fully saturated rings. The SMILES string of the molecule is COc1cccc(CN2CCC(C(=O)Nc3cc(Cl)ccc3OC)CC2)c1. The molecule has 0 unspecified atom stereocenters. The van der Waals surface area contributed by atoms with Gasteiger partial charge in [-0.25, -0.2) is 0 Å². The number of hydrogen-bond acceptors (Lipinski definition) is 4. The predicted molar refractivity (Wildman–Crippen MR) is 108 cm³/mol. The highest BCUT2D eigenvalue weighted by Crippen LogP contribution is 2.29. The lowest BCUT2D eigenvalue weighted by Crippen LogP contribution is -2.37. The van der Waals surface area contributed by atoms with E-state index in [4.69, 9.17) is 21.1 Å². The third-order valence-electron chi connectivity index (χ3n) is 4.92. The Hall–Kier alpha value is -2.24. The van der Waals surface area contributed by atoms with Crippen LogP contribution in [0, 0.1) is 5.92 Å². The monoisotopic (exact) mass is 388 g/mol. The summed E-state index contributed by atoms with van der Waals surface area (Å²) in [5.74, 6) is 1.51. The van der Waals surface area contributed by atoms with E-state index in [1.807, 2.05) is 12.1 Å². The lowest BCUT2D eigenvalue weighted by molar-refractivity contribution is -0.121. The zero-order valence-electron chi connectivity index (χ0n) is 15.7. The van der Waals surface area contributed by atoms with Crippen LogP contribution in [-0.4, -0.2) is 38.1 Å². The van der Waals surface area contributed by atoms with Crippen molar-refractivity contribution in [3.8, 4) is 11.5 Å². The molecule has 0 atom stereocenters. The number of carbonyl (C=O) groups excluding carboxylic acids is 1. The van der Waals surface area contributed by atoms with Crippen molar-refractivity contribution in [1.82, 2.24) is 4.90 Å². The molecule has 2 aromatic rings. The Kier molecular flexibility index (Phi) is 6.58. The van der Waals surface area contributed by atoms with Crippen LogP contribution in [0.4, 0.5) is 5.69 Å². The number of benzene rings is 2. The maximum atomic E-state index is 12.7. The fraction of sp³-hybridized carbons (Fsp3) is 0.381. The van der Waals surface area contributed by atoms with Crippen LogP contribution in [-0.2, 0) is 11.3 Å². The highest BCUT2D eigenvalue weighted by Gasteiger charge is 2.25. The first-order chi connectivity index (χ1) is 13.1. The second-order valence-corrected chi connectivity index (χ2v) is 7.17. The lowest BCUT2D eigenvalue weighted by Gasteiger charge is -2.31. The summed E-state index contributed by atoms with van der Waals surface area (Å²) < 4.78 is 10.6. The molecule has 0 bridgehead atoms. The summed E-state index contributed by atoms with van der Waals surface area (Å²) in [6.45, 7) is 2.65. The van der Waals surface area contributed by atoms with Gasteiger partial charge < -0.3 is 14.8 Å². The number of methoxy groups -OCH3 is 2. The zero-order chi connectivity index (χ0) is 19.2. The predicted octanol–water partition coefficient (Wildman–Crippen LogP) is 4.21. The normalized spacial score (nSPS) is 15.4. The van der Waals surface area contributed by atoms with Crippen LogP contribution >= 0.6 is 11.6 Å². The molecule has 0 aliphatic carbocycles. The molecule has 144 valence electrons. The van der Waals surface area contributed by atoms with Gasteiger partial charge in [0.2, 0.25) is 5.91 Å². The lowest BCUT2D eigenvalue weighted by atomic mass is 9.95. The van der Waals surface area contributed by atoms with Gasteiger partial charge in [0.15, 0.2) is 0 Å². The number of ether oxygens (including phenoxy) is 2. The van der Waals surface area contributed by atoms with Gasteiger partial charge >= 0.3 is 0 Å². The second kappa shape index (κ2) is 9.11. The van der Waals surface area contributed by atoms with Crippen molar-refractivity contribution in [2.24, 2.45) is 5.92 Å². The molecule has 1 aliphatic heterocycles. The van der Waals surface area contributed by atoms with E-state index in [1.165, 1.54) is 5.56 Å². The first-order valence-electron chi connectivity index (χ1n) is 9.08. The Bertz CT molecular complexity index is 789. The van der Waals surface area contributed by atoms with Crippen LogP contribution in [0.2, 0.25) is 5.02 Å². The van der Waals surface area contributed by atoms with Crippen molar-refractivity contribution in [3.63, 3.8) is 0 Å². The average Bonchev–Trinajstić information content (AvgIpc) is 2.69. The Morgan fingerprint density at radius 1 is 1.15 bits per heavy atom. The van der Waals surface area contributed by atoms with Gasteiger partial charge in [0.25, 0.3) is 0 Å². The van der Waals surface area contributed by atoms with E-state index in [0.717, 1.165) is 38.2 Å². The van der Waals surface area contributed by atoms with Crippen LogP contribution in [0.1, 0.15) is 18.4 Å². The first-order valence-corrected chi connectivity index (χ1v) is 9.46. The average molecular weight is 389 g/mol. The number of piperidine rings is 1. The Morgan fingerprint density at radius 3 is 2.63 bits per heavy atom. The molecule has 27 heavy (non-hydrogen) atoms. The van der Waals surface area contributed by atoms with E-state index < -0.39 is 0 Å². The number of anilines is 1. The van der Waals surface area contributed by atoms with Gasteiger partial charge in [-0.3, -0.25) is 9.69 Å². The standard InChI is InChI=1S/C21H25ClN2O3/c1-26-18-5-3-4-15(12-18)14-24-10-8-16(9-11-24)21(25)23-19-13-17(22)6-7-20(19)27-2/h3-7,12-13,16H,8-11,14H2,1-2H3,(H,23,25). The quantitative estimate of drug-likeness (QED) is 0.805. The van der Waals surface area contributed by atoms with Crippen LogP contribution in [0.25, 0.3) is 0 Å². The number of halogens is 1. The molecule has 2 aromatic carbocycles. The molecule has 1 saturated heterocycles. The molecule has 5 nitrogen and oxygen atoms in total. The number of hydrogen-bond donors (Lipinski definition) is 1. The van der Waals surface area contributed by atoms with Gasteiger partial charge in [-0.1, -0.05) is 23.7 Å².